The van der Waals surface area contributed by atoms with Gasteiger partial charge >= 0.3 is 0 Å². The van der Waals surface area contributed by atoms with Crippen LogP contribution < -0.4 is 10.2 Å². The highest BCUT2D eigenvalue weighted by atomic mass is 32.1. The maximum Gasteiger partial charge on any atom is 0.261 e. The Morgan fingerprint density at radius 1 is 1.28 bits per heavy atom. The molecule has 0 saturated heterocycles. The first-order valence-corrected chi connectivity index (χ1v) is 9.22. The number of likely N-dealkylation sites (N-methyl/N-ethyl adjacent to an activating group) is 1. The van der Waals surface area contributed by atoms with Gasteiger partial charge in [0, 0.05) is 30.5 Å². The van der Waals surface area contributed by atoms with Crippen LogP contribution in [0.2, 0.25) is 0 Å². The van der Waals surface area contributed by atoms with Crippen LogP contribution in [0, 0.1) is 0 Å². The molecule has 0 aliphatic carbocycles. The molecule has 2 aromatic carbocycles. The van der Waals surface area contributed by atoms with Crippen molar-refractivity contribution in [2.75, 3.05) is 25.0 Å². The number of aliphatic hydroxyl groups is 1. The Kier molecular flexibility index (Phi) is 4.19. The van der Waals surface area contributed by atoms with Crippen LogP contribution in [-0.2, 0) is 6.42 Å². The van der Waals surface area contributed by atoms with Gasteiger partial charge in [-0.15, -0.1) is 11.3 Å². The van der Waals surface area contributed by atoms with Gasteiger partial charge in [0.2, 0.25) is 0 Å². The minimum atomic E-state index is -0.700. The molecular formula is C20H20N2O2S. The van der Waals surface area contributed by atoms with Crippen molar-refractivity contribution in [3.63, 3.8) is 0 Å². The normalized spacial score (nSPS) is 14.6. The van der Waals surface area contributed by atoms with E-state index in [1.54, 1.807) is 0 Å². The van der Waals surface area contributed by atoms with Crippen LogP contribution in [0.25, 0.3) is 10.1 Å². The molecule has 0 fully saturated rings. The number of fused-ring (bicyclic) bond motifs is 2. The number of nitrogens with zero attached hydrogens (tertiary/aromatic N) is 1. The largest absolute Gasteiger partial charge is 0.387 e. The number of anilines is 1. The summed E-state index contributed by atoms with van der Waals surface area (Å²) in [5.74, 6) is -0.138. The van der Waals surface area contributed by atoms with Crippen molar-refractivity contribution in [1.82, 2.24) is 5.32 Å². The second-order valence-electron chi connectivity index (χ2n) is 6.43. The van der Waals surface area contributed by atoms with Crippen molar-refractivity contribution in [3.05, 3.63) is 64.5 Å². The third kappa shape index (κ3) is 3.13. The van der Waals surface area contributed by atoms with E-state index in [0.29, 0.717) is 4.88 Å². The lowest BCUT2D eigenvalue weighted by molar-refractivity contribution is 0.0920. The fraction of sp³-hybridized carbons (Fsp3) is 0.250. The molecule has 0 unspecified atom stereocenters. The van der Waals surface area contributed by atoms with Crippen LogP contribution in [-0.4, -0.2) is 31.2 Å². The minimum absolute atomic E-state index is 0.138. The van der Waals surface area contributed by atoms with Crippen molar-refractivity contribution < 1.29 is 9.90 Å². The summed E-state index contributed by atoms with van der Waals surface area (Å²) in [6, 6.07) is 15.9. The van der Waals surface area contributed by atoms with Gasteiger partial charge in [0.15, 0.2) is 0 Å². The summed E-state index contributed by atoms with van der Waals surface area (Å²) in [6.45, 7) is 1.22. The summed E-state index contributed by atoms with van der Waals surface area (Å²) in [4.78, 5) is 15.2. The molecule has 4 rings (SSSR count). The van der Waals surface area contributed by atoms with Crippen molar-refractivity contribution in [3.8, 4) is 0 Å². The second kappa shape index (κ2) is 6.50. The SMILES string of the molecule is CN1CCc2cc([C@@H](O)CNC(=O)c3cc4ccccc4s3)ccc21. The molecule has 1 aliphatic heterocycles. The van der Waals surface area contributed by atoms with E-state index in [-0.39, 0.29) is 12.5 Å². The van der Waals surface area contributed by atoms with Crippen LogP contribution in [0.1, 0.15) is 26.9 Å². The zero-order valence-corrected chi connectivity index (χ0v) is 14.8. The summed E-state index contributed by atoms with van der Waals surface area (Å²) in [6.07, 6.45) is 0.301. The zero-order valence-electron chi connectivity index (χ0n) is 14.0. The molecule has 25 heavy (non-hydrogen) atoms. The number of rotatable bonds is 4. The third-order valence-corrected chi connectivity index (χ3v) is 5.84. The monoisotopic (exact) mass is 352 g/mol. The number of aliphatic hydroxyl groups excluding tert-OH is 1. The molecule has 128 valence electrons. The van der Waals surface area contributed by atoms with E-state index in [1.165, 1.54) is 22.6 Å². The van der Waals surface area contributed by atoms with Crippen molar-refractivity contribution >= 4 is 33.0 Å². The standard InChI is InChI=1S/C20H20N2O2S/c1-22-9-8-13-10-14(6-7-16(13)22)17(23)12-21-20(24)19-11-15-4-2-3-5-18(15)25-19/h2-7,10-11,17,23H,8-9,12H2,1H3,(H,21,24)/t17-/m0/s1. The molecule has 2 heterocycles. The van der Waals surface area contributed by atoms with Gasteiger partial charge in [-0.05, 0) is 41.1 Å². The molecule has 1 aromatic heterocycles. The van der Waals surface area contributed by atoms with Crippen molar-refractivity contribution in [2.24, 2.45) is 0 Å². The highest BCUT2D eigenvalue weighted by Gasteiger charge is 2.18. The average Bonchev–Trinajstić information content (AvgIpc) is 3.23. The van der Waals surface area contributed by atoms with E-state index in [9.17, 15) is 9.90 Å². The van der Waals surface area contributed by atoms with E-state index in [2.05, 4.69) is 29.4 Å². The number of carbonyl (C=O) groups excluding carboxylic acids is 1. The van der Waals surface area contributed by atoms with Gasteiger partial charge in [0.05, 0.1) is 11.0 Å². The molecule has 0 radical (unpaired) electrons. The summed E-state index contributed by atoms with van der Waals surface area (Å²) < 4.78 is 1.09. The van der Waals surface area contributed by atoms with Crippen molar-refractivity contribution in [1.29, 1.82) is 0 Å². The Morgan fingerprint density at radius 3 is 2.96 bits per heavy atom. The molecule has 1 aliphatic rings. The molecule has 1 amide bonds. The lowest BCUT2D eigenvalue weighted by Gasteiger charge is -2.15. The molecule has 3 aromatic rings. The lowest BCUT2D eigenvalue weighted by Crippen LogP contribution is -2.27. The van der Waals surface area contributed by atoms with Gasteiger partial charge in [-0.1, -0.05) is 30.3 Å². The molecule has 2 N–H and O–H groups in total. The summed E-state index contributed by atoms with van der Waals surface area (Å²) >= 11 is 1.47. The Hall–Kier alpha value is -2.37. The van der Waals surface area contributed by atoms with E-state index in [4.69, 9.17) is 0 Å². The quantitative estimate of drug-likeness (QED) is 0.757. The van der Waals surface area contributed by atoms with Gasteiger partial charge < -0.3 is 15.3 Å². The number of nitrogens with one attached hydrogen (secondary N) is 1. The Morgan fingerprint density at radius 2 is 2.12 bits per heavy atom. The van der Waals surface area contributed by atoms with E-state index >= 15 is 0 Å². The molecule has 0 bridgehead atoms. The molecule has 0 spiro atoms. The van der Waals surface area contributed by atoms with Gasteiger partial charge in [-0.2, -0.15) is 0 Å². The van der Waals surface area contributed by atoms with Crippen LogP contribution in [0.4, 0.5) is 5.69 Å². The molecule has 5 heteroatoms. The summed E-state index contributed by atoms with van der Waals surface area (Å²) in [5.41, 5.74) is 3.34. The van der Waals surface area contributed by atoms with E-state index in [0.717, 1.165) is 28.6 Å². The maximum atomic E-state index is 12.4. The number of amides is 1. The Bertz CT molecular complexity index is 901. The number of carbonyl (C=O) groups is 1. The van der Waals surface area contributed by atoms with Crippen molar-refractivity contribution in [2.45, 2.75) is 12.5 Å². The van der Waals surface area contributed by atoms with Crippen LogP contribution >= 0.6 is 11.3 Å². The fourth-order valence-corrected chi connectivity index (χ4v) is 4.26. The smallest absolute Gasteiger partial charge is 0.261 e. The van der Waals surface area contributed by atoms with Crippen LogP contribution in [0.3, 0.4) is 0 Å². The summed E-state index contributed by atoms with van der Waals surface area (Å²) in [7, 11) is 2.08. The Balaban J connectivity index is 1.43. The number of hydrogen-bond acceptors (Lipinski definition) is 4. The first kappa shape index (κ1) is 16.1. The molecule has 1 atom stereocenters. The fourth-order valence-electron chi connectivity index (χ4n) is 3.28. The Labute approximate surface area is 150 Å². The minimum Gasteiger partial charge on any atom is -0.387 e. The first-order valence-electron chi connectivity index (χ1n) is 8.40. The number of hydrogen-bond donors (Lipinski definition) is 2. The predicted molar refractivity (Wildman–Crippen MR) is 103 cm³/mol. The highest BCUT2D eigenvalue weighted by molar-refractivity contribution is 7.20. The third-order valence-electron chi connectivity index (χ3n) is 4.72. The van der Waals surface area contributed by atoms with Crippen LogP contribution in [0.15, 0.2) is 48.5 Å². The average molecular weight is 352 g/mol. The highest BCUT2D eigenvalue weighted by Crippen LogP contribution is 2.29. The van der Waals surface area contributed by atoms with Crippen LogP contribution in [0.5, 0.6) is 0 Å². The van der Waals surface area contributed by atoms with Gasteiger partial charge in [0.25, 0.3) is 5.91 Å². The number of thiophene rings is 1. The van der Waals surface area contributed by atoms with Gasteiger partial charge in [-0.3, -0.25) is 4.79 Å². The zero-order chi connectivity index (χ0) is 17.4. The first-order chi connectivity index (χ1) is 12.1. The second-order valence-corrected chi connectivity index (χ2v) is 7.52. The maximum absolute atomic E-state index is 12.4. The van der Waals surface area contributed by atoms with E-state index < -0.39 is 6.10 Å². The number of benzene rings is 2. The lowest BCUT2D eigenvalue weighted by atomic mass is 10.0. The van der Waals surface area contributed by atoms with Gasteiger partial charge in [0.1, 0.15) is 0 Å². The topological polar surface area (TPSA) is 52.6 Å². The molecule has 4 nitrogen and oxygen atoms in total. The summed E-state index contributed by atoms with van der Waals surface area (Å²) in [5, 5.41) is 14.3. The predicted octanol–water partition coefficient (Wildman–Crippen LogP) is 3.36. The van der Waals surface area contributed by atoms with E-state index in [1.807, 2.05) is 36.4 Å². The molecular weight excluding hydrogens is 332 g/mol. The molecule has 0 saturated carbocycles. The van der Waals surface area contributed by atoms with Gasteiger partial charge in [-0.25, -0.2) is 0 Å².